The maximum atomic E-state index is 12.2. The lowest BCUT2D eigenvalue weighted by Crippen LogP contribution is -2.42. The fourth-order valence-corrected chi connectivity index (χ4v) is 2.46. The van der Waals surface area contributed by atoms with Gasteiger partial charge in [0.2, 0.25) is 5.91 Å². The Labute approximate surface area is 130 Å². The van der Waals surface area contributed by atoms with Gasteiger partial charge in [-0.1, -0.05) is 15.9 Å². The first-order valence-electron chi connectivity index (χ1n) is 6.30. The summed E-state index contributed by atoms with van der Waals surface area (Å²) in [5.74, 6) is -1.39. The number of hydrogen-bond acceptors (Lipinski definition) is 4. The zero-order chi connectivity index (χ0) is 15.6. The predicted octanol–water partition coefficient (Wildman–Crippen LogP) is 1.42. The maximum Gasteiger partial charge on any atom is 0.262 e. The minimum Gasteiger partial charge on any atom is -0.328 e. The Morgan fingerprint density at radius 3 is 2.62 bits per heavy atom. The molecule has 0 aromatic heterocycles. The molecular formula is C14H12BrN3O3. The smallest absolute Gasteiger partial charge is 0.262 e. The molecule has 0 saturated heterocycles. The Kier molecular flexibility index (Phi) is 4.38. The number of imide groups is 1. The number of hydrogen-bond donors (Lipinski definition) is 0. The number of halogens is 1. The van der Waals surface area contributed by atoms with Gasteiger partial charge in [0.1, 0.15) is 13.1 Å². The average Bonchev–Trinajstić information content (AvgIpc) is 2.69. The third-order valence-corrected chi connectivity index (χ3v) is 3.72. The van der Waals surface area contributed by atoms with Crippen molar-refractivity contribution in [3.05, 3.63) is 33.8 Å². The second-order valence-electron chi connectivity index (χ2n) is 4.45. The molecule has 1 aliphatic heterocycles. The summed E-state index contributed by atoms with van der Waals surface area (Å²) in [6.45, 7) is 1.67. The van der Waals surface area contributed by atoms with Crippen molar-refractivity contribution in [2.45, 2.75) is 6.92 Å². The van der Waals surface area contributed by atoms with Crippen LogP contribution in [0.4, 0.5) is 0 Å². The van der Waals surface area contributed by atoms with Crippen molar-refractivity contribution >= 4 is 33.7 Å². The summed E-state index contributed by atoms with van der Waals surface area (Å²) in [6.07, 6.45) is 0. The van der Waals surface area contributed by atoms with Crippen LogP contribution in [0.2, 0.25) is 0 Å². The standard InChI is InChI=1S/C14H12BrN3O3/c1-2-17(6-5-16)12(19)8-18-13(20)10-4-3-9(15)7-11(10)14(18)21/h3-4,7H,2,6,8H2,1H3. The fraction of sp³-hybridized carbons (Fsp3) is 0.286. The van der Waals surface area contributed by atoms with Gasteiger partial charge in [-0.3, -0.25) is 19.3 Å². The van der Waals surface area contributed by atoms with Crippen LogP contribution in [-0.2, 0) is 4.79 Å². The number of fused-ring (bicyclic) bond motifs is 1. The van der Waals surface area contributed by atoms with Gasteiger partial charge in [-0.25, -0.2) is 0 Å². The molecule has 0 spiro atoms. The van der Waals surface area contributed by atoms with Gasteiger partial charge in [0.25, 0.3) is 11.8 Å². The molecule has 7 heteroatoms. The van der Waals surface area contributed by atoms with Gasteiger partial charge in [0.15, 0.2) is 0 Å². The summed E-state index contributed by atoms with van der Waals surface area (Å²) in [5, 5.41) is 8.66. The van der Waals surface area contributed by atoms with Crippen LogP contribution in [0.25, 0.3) is 0 Å². The highest BCUT2D eigenvalue weighted by molar-refractivity contribution is 9.10. The molecule has 0 bridgehead atoms. The summed E-state index contributed by atoms with van der Waals surface area (Å²) < 4.78 is 0.690. The van der Waals surface area contributed by atoms with Crippen molar-refractivity contribution in [3.8, 4) is 6.07 Å². The van der Waals surface area contributed by atoms with Crippen LogP contribution in [0.3, 0.4) is 0 Å². The summed E-state index contributed by atoms with van der Waals surface area (Å²) in [5.41, 5.74) is 0.574. The number of benzene rings is 1. The first-order valence-corrected chi connectivity index (χ1v) is 7.09. The van der Waals surface area contributed by atoms with Gasteiger partial charge < -0.3 is 4.90 Å². The highest BCUT2D eigenvalue weighted by atomic mass is 79.9. The maximum absolute atomic E-state index is 12.2. The molecule has 0 radical (unpaired) electrons. The Balaban J connectivity index is 2.21. The van der Waals surface area contributed by atoms with Crippen LogP contribution in [-0.4, -0.2) is 47.2 Å². The second-order valence-corrected chi connectivity index (χ2v) is 5.37. The van der Waals surface area contributed by atoms with Gasteiger partial charge in [-0.2, -0.15) is 5.26 Å². The van der Waals surface area contributed by atoms with E-state index in [-0.39, 0.29) is 18.7 Å². The van der Waals surface area contributed by atoms with E-state index in [9.17, 15) is 14.4 Å². The van der Waals surface area contributed by atoms with E-state index >= 15 is 0 Å². The number of rotatable bonds is 4. The third kappa shape index (κ3) is 2.81. The molecule has 0 fully saturated rings. The van der Waals surface area contributed by atoms with Crippen molar-refractivity contribution in [3.63, 3.8) is 0 Å². The van der Waals surface area contributed by atoms with E-state index in [2.05, 4.69) is 15.9 Å². The molecule has 0 atom stereocenters. The molecule has 21 heavy (non-hydrogen) atoms. The monoisotopic (exact) mass is 349 g/mol. The van der Waals surface area contributed by atoms with Crippen LogP contribution in [0.15, 0.2) is 22.7 Å². The lowest BCUT2D eigenvalue weighted by molar-refractivity contribution is -0.130. The van der Waals surface area contributed by atoms with Crippen molar-refractivity contribution in [2.24, 2.45) is 0 Å². The van der Waals surface area contributed by atoms with Crippen LogP contribution < -0.4 is 0 Å². The van der Waals surface area contributed by atoms with Crippen molar-refractivity contribution in [1.29, 1.82) is 5.26 Å². The molecule has 0 N–H and O–H groups in total. The van der Waals surface area contributed by atoms with Crippen molar-refractivity contribution in [1.82, 2.24) is 9.80 Å². The molecule has 2 rings (SSSR count). The van der Waals surface area contributed by atoms with E-state index in [4.69, 9.17) is 5.26 Å². The zero-order valence-corrected chi connectivity index (χ0v) is 12.9. The van der Waals surface area contributed by atoms with Gasteiger partial charge in [-0.05, 0) is 25.1 Å². The molecule has 0 saturated carbocycles. The number of carbonyl (C=O) groups excluding carboxylic acids is 3. The average molecular weight is 350 g/mol. The number of nitriles is 1. The number of amides is 3. The fourth-order valence-electron chi connectivity index (χ4n) is 2.10. The van der Waals surface area contributed by atoms with Crippen LogP contribution in [0.1, 0.15) is 27.6 Å². The van der Waals surface area contributed by atoms with E-state index in [0.29, 0.717) is 16.6 Å². The predicted molar refractivity (Wildman–Crippen MR) is 77.4 cm³/mol. The summed E-state index contributed by atoms with van der Waals surface area (Å²) >= 11 is 3.24. The van der Waals surface area contributed by atoms with E-state index in [1.54, 1.807) is 25.1 Å². The topological polar surface area (TPSA) is 81.5 Å². The number of nitrogens with zero attached hydrogens (tertiary/aromatic N) is 3. The summed E-state index contributed by atoms with van der Waals surface area (Å²) in [6, 6.07) is 6.67. The molecule has 1 aliphatic rings. The summed E-state index contributed by atoms with van der Waals surface area (Å²) in [4.78, 5) is 38.6. The zero-order valence-electron chi connectivity index (χ0n) is 11.3. The minimum absolute atomic E-state index is 0.0654. The molecule has 3 amide bonds. The number of likely N-dealkylation sites (N-methyl/N-ethyl adjacent to an activating group) is 1. The van der Waals surface area contributed by atoms with Crippen LogP contribution in [0, 0.1) is 11.3 Å². The lowest BCUT2D eigenvalue weighted by atomic mass is 10.1. The van der Waals surface area contributed by atoms with Crippen molar-refractivity contribution in [2.75, 3.05) is 19.6 Å². The molecule has 108 valence electrons. The Morgan fingerprint density at radius 2 is 2.00 bits per heavy atom. The molecule has 1 aromatic rings. The second kappa shape index (κ2) is 6.06. The molecule has 1 heterocycles. The van der Waals surface area contributed by atoms with Crippen LogP contribution >= 0.6 is 15.9 Å². The lowest BCUT2D eigenvalue weighted by Gasteiger charge is -2.20. The third-order valence-electron chi connectivity index (χ3n) is 3.22. The highest BCUT2D eigenvalue weighted by Crippen LogP contribution is 2.25. The van der Waals surface area contributed by atoms with Gasteiger partial charge in [0, 0.05) is 11.0 Å². The first kappa shape index (κ1) is 15.2. The summed E-state index contributed by atoms with van der Waals surface area (Å²) in [7, 11) is 0. The van der Waals surface area contributed by atoms with E-state index in [1.807, 2.05) is 6.07 Å². The molecular weight excluding hydrogens is 338 g/mol. The minimum atomic E-state index is -0.488. The van der Waals surface area contributed by atoms with Gasteiger partial charge >= 0.3 is 0 Å². The van der Waals surface area contributed by atoms with Gasteiger partial charge in [0.05, 0.1) is 17.2 Å². The van der Waals surface area contributed by atoms with E-state index in [0.717, 1.165) is 4.90 Å². The number of carbonyl (C=O) groups is 3. The molecule has 0 aliphatic carbocycles. The van der Waals surface area contributed by atoms with Crippen molar-refractivity contribution < 1.29 is 14.4 Å². The normalized spacial score (nSPS) is 13.1. The van der Waals surface area contributed by atoms with Gasteiger partial charge in [-0.15, -0.1) is 0 Å². The van der Waals surface area contributed by atoms with E-state index in [1.165, 1.54) is 4.90 Å². The largest absolute Gasteiger partial charge is 0.328 e. The first-order chi connectivity index (χ1) is 9.99. The van der Waals surface area contributed by atoms with E-state index < -0.39 is 17.7 Å². The molecule has 0 unspecified atom stereocenters. The molecule has 1 aromatic carbocycles. The Morgan fingerprint density at radius 1 is 1.33 bits per heavy atom. The Bertz CT molecular complexity index is 666. The highest BCUT2D eigenvalue weighted by Gasteiger charge is 2.37. The molecule has 6 nitrogen and oxygen atoms in total. The Hall–Kier alpha value is -2.20. The SMILES string of the molecule is CCN(CC#N)C(=O)CN1C(=O)c2ccc(Br)cc2C1=O. The quantitative estimate of drug-likeness (QED) is 0.608. The van der Waals surface area contributed by atoms with Crippen LogP contribution in [0.5, 0.6) is 0 Å².